The molecule has 102 valence electrons. The van der Waals surface area contributed by atoms with Crippen molar-refractivity contribution in [3.05, 3.63) is 60.8 Å². The first-order chi connectivity index (χ1) is 9.76. The van der Waals surface area contributed by atoms with E-state index in [2.05, 4.69) is 59.5 Å². The Hall–Kier alpha value is -1.80. The van der Waals surface area contributed by atoms with Gasteiger partial charge in [-0.3, -0.25) is 4.90 Å². The summed E-state index contributed by atoms with van der Waals surface area (Å²) in [4.78, 5) is 6.25. The highest BCUT2D eigenvalue weighted by molar-refractivity contribution is 5.85. The maximum Gasteiger partial charge on any atom is 0.0513 e. The minimum Gasteiger partial charge on any atom is -0.357 e. The predicted molar refractivity (Wildman–Crippen MR) is 83.8 cm³/mol. The summed E-state index contributed by atoms with van der Waals surface area (Å²) < 4.78 is 0. The van der Waals surface area contributed by atoms with E-state index in [0.717, 1.165) is 25.9 Å². The van der Waals surface area contributed by atoms with E-state index in [9.17, 15) is 0 Å². The molecule has 1 atom stereocenters. The summed E-state index contributed by atoms with van der Waals surface area (Å²) in [6.07, 6.45) is 6.40. The standard InChI is InChI=1S/C18H20N2/c1-3-18(4-2)11-16-17-14(9-10-20(16)12-18)13-7-5-6-8-15(13)19-17/h3-8,16,19H,1-2,9-12H2/t16-/m0/s1. The molecule has 2 aromatic rings. The smallest absolute Gasteiger partial charge is 0.0513 e. The SMILES string of the molecule is C=CC1(C=C)C[C@H]2c3[nH]c4ccccc4c3CCN2C1. The van der Waals surface area contributed by atoms with Crippen LogP contribution in [0, 0.1) is 5.41 Å². The number of nitrogens with one attached hydrogen (secondary N) is 1. The number of hydrogen-bond donors (Lipinski definition) is 1. The number of nitrogens with zero attached hydrogens (tertiary/aromatic N) is 1. The van der Waals surface area contributed by atoms with Crippen molar-refractivity contribution in [2.75, 3.05) is 13.1 Å². The van der Waals surface area contributed by atoms with Gasteiger partial charge in [0.05, 0.1) is 6.04 Å². The molecule has 1 fully saturated rings. The van der Waals surface area contributed by atoms with Crippen LogP contribution in [-0.4, -0.2) is 23.0 Å². The van der Waals surface area contributed by atoms with Crippen LogP contribution in [0.2, 0.25) is 0 Å². The van der Waals surface area contributed by atoms with Gasteiger partial charge in [-0.05, 0) is 24.5 Å². The Bertz CT molecular complexity index is 687. The van der Waals surface area contributed by atoms with Crippen molar-refractivity contribution >= 4 is 10.9 Å². The van der Waals surface area contributed by atoms with Gasteiger partial charge in [0.15, 0.2) is 0 Å². The third-order valence-corrected chi connectivity index (χ3v) is 5.15. The first-order valence-electron chi connectivity index (χ1n) is 7.37. The van der Waals surface area contributed by atoms with Crippen molar-refractivity contribution in [3.63, 3.8) is 0 Å². The number of hydrogen-bond acceptors (Lipinski definition) is 1. The normalized spacial score (nSPS) is 24.3. The molecule has 2 aliphatic rings. The van der Waals surface area contributed by atoms with E-state index in [0.29, 0.717) is 6.04 Å². The zero-order chi connectivity index (χ0) is 13.7. The van der Waals surface area contributed by atoms with Gasteiger partial charge in [0.25, 0.3) is 0 Å². The highest BCUT2D eigenvalue weighted by atomic mass is 15.2. The van der Waals surface area contributed by atoms with Crippen molar-refractivity contribution in [2.24, 2.45) is 5.41 Å². The second-order valence-electron chi connectivity index (χ2n) is 6.14. The topological polar surface area (TPSA) is 19.0 Å². The van der Waals surface area contributed by atoms with E-state index in [1.54, 1.807) is 0 Å². The summed E-state index contributed by atoms with van der Waals surface area (Å²) in [5.74, 6) is 0. The van der Waals surface area contributed by atoms with Crippen LogP contribution in [0.5, 0.6) is 0 Å². The second kappa shape index (κ2) is 4.10. The van der Waals surface area contributed by atoms with Crippen molar-refractivity contribution in [1.29, 1.82) is 0 Å². The molecule has 1 saturated heterocycles. The second-order valence-corrected chi connectivity index (χ2v) is 6.14. The van der Waals surface area contributed by atoms with Gasteiger partial charge < -0.3 is 4.98 Å². The van der Waals surface area contributed by atoms with E-state index in [4.69, 9.17) is 0 Å². The zero-order valence-corrected chi connectivity index (χ0v) is 11.7. The molecule has 0 amide bonds. The molecule has 2 heteroatoms. The third-order valence-electron chi connectivity index (χ3n) is 5.15. The molecule has 2 nitrogen and oxygen atoms in total. The van der Waals surface area contributed by atoms with E-state index >= 15 is 0 Å². The number of H-pyrrole nitrogens is 1. The van der Waals surface area contributed by atoms with Gasteiger partial charge in [0.2, 0.25) is 0 Å². The predicted octanol–water partition coefficient (Wildman–Crippen LogP) is 3.83. The summed E-state index contributed by atoms with van der Waals surface area (Å²) in [6.45, 7) is 10.3. The monoisotopic (exact) mass is 264 g/mol. The van der Waals surface area contributed by atoms with Crippen LogP contribution in [0.25, 0.3) is 10.9 Å². The van der Waals surface area contributed by atoms with E-state index in [-0.39, 0.29) is 5.41 Å². The molecular formula is C18H20N2. The van der Waals surface area contributed by atoms with Crippen LogP contribution in [0.15, 0.2) is 49.6 Å². The van der Waals surface area contributed by atoms with Gasteiger partial charge in [-0.2, -0.15) is 0 Å². The number of aromatic nitrogens is 1. The first-order valence-corrected chi connectivity index (χ1v) is 7.37. The molecule has 1 aromatic heterocycles. The number of benzene rings is 1. The fourth-order valence-corrected chi connectivity index (χ4v) is 3.97. The molecule has 4 rings (SSSR count). The Balaban J connectivity index is 1.84. The fraction of sp³-hybridized carbons (Fsp3) is 0.333. The van der Waals surface area contributed by atoms with Gasteiger partial charge in [0.1, 0.15) is 0 Å². The Kier molecular flexibility index (Phi) is 2.45. The number of fused-ring (bicyclic) bond motifs is 5. The average molecular weight is 264 g/mol. The average Bonchev–Trinajstić information content (AvgIpc) is 3.05. The van der Waals surface area contributed by atoms with Crippen molar-refractivity contribution in [1.82, 2.24) is 9.88 Å². The lowest BCUT2D eigenvalue weighted by Gasteiger charge is -2.29. The van der Waals surface area contributed by atoms with Crippen molar-refractivity contribution < 1.29 is 0 Å². The summed E-state index contributed by atoms with van der Waals surface area (Å²) >= 11 is 0. The number of rotatable bonds is 2. The fourth-order valence-electron chi connectivity index (χ4n) is 3.97. The molecular weight excluding hydrogens is 244 g/mol. The van der Waals surface area contributed by atoms with E-state index in [1.807, 2.05) is 0 Å². The van der Waals surface area contributed by atoms with Crippen LogP contribution < -0.4 is 0 Å². The van der Waals surface area contributed by atoms with Crippen molar-refractivity contribution in [3.8, 4) is 0 Å². The largest absolute Gasteiger partial charge is 0.357 e. The van der Waals surface area contributed by atoms with Gasteiger partial charge in [-0.15, -0.1) is 13.2 Å². The van der Waals surface area contributed by atoms with Crippen LogP contribution in [0.1, 0.15) is 23.7 Å². The first kappa shape index (κ1) is 12.0. The Morgan fingerprint density at radius 2 is 2.05 bits per heavy atom. The van der Waals surface area contributed by atoms with Crippen molar-refractivity contribution in [2.45, 2.75) is 18.9 Å². The molecule has 20 heavy (non-hydrogen) atoms. The molecule has 0 unspecified atom stereocenters. The minimum atomic E-state index is 0.0730. The summed E-state index contributed by atoms with van der Waals surface area (Å²) in [5.41, 5.74) is 4.28. The highest BCUT2D eigenvalue weighted by Gasteiger charge is 2.43. The van der Waals surface area contributed by atoms with Crippen LogP contribution in [-0.2, 0) is 6.42 Å². The number of para-hydroxylation sites is 1. The van der Waals surface area contributed by atoms with Gasteiger partial charge >= 0.3 is 0 Å². The van der Waals surface area contributed by atoms with E-state index in [1.165, 1.54) is 22.2 Å². The van der Waals surface area contributed by atoms with E-state index < -0.39 is 0 Å². The molecule has 0 saturated carbocycles. The lowest BCUT2D eigenvalue weighted by Crippen LogP contribution is -2.32. The highest BCUT2D eigenvalue weighted by Crippen LogP contribution is 2.48. The molecule has 1 aromatic carbocycles. The zero-order valence-electron chi connectivity index (χ0n) is 11.7. The van der Waals surface area contributed by atoms with Gasteiger partial charge in [0, 0.05) is 35.1 Å². The summed E-state index contributed by atoms with van der Waals surface area (Å²) in [7, 11) is 0. The Morgan fingerprint density at radius 1 is 1.25 bits per heavy atom. The molecule has 0 bridgehead atoms. The number of aromatic amines is 1. The molecule has 0 aliphatic carbocycles. The maximum atomic E-state index is 4.03. The Labute approximate surface area is 119 Å². The minimum absolute atomic E-state index is 0.0730. The molecule has 0 radical (unpaired) electrons. The third kappa shape index (κ3) is 1.49. The summed E-state index contributed by atoms with van der Waals surface area (Å²) in [6, 6.07) is 9.15. The quantitative estimate of drug-likeness (QED) is 0.817. The molecule has 3 heterocycles. The lowest BCUT2D eigenvalue weighted by molar-refractivity contribution is 0.236. The van der Waals surface area contributed by atoms with Gasteiger partial charge in [-0.25, -0.2) is 0 Å². The summed E-state index contributed by atoms with van der Waals surface area (Å²) in [5, 5.41) is 1.40. The molecule has 2 aliphatic heterocycles. The van der Waals surface area contributed by atoms with Gasteiger partial charge in [-0.1, -0.05) is 30.4 Å². The van der Waals surface area contributed by atoms with Crippen LogP contribution >= 0.6 is 0 Å². The molecule has 0 spiro atoms. The molecule has 1 N–H and O–H groups in total. The van der Waals surface area contributed by atoms with Crippen LogP contribution in [0.3, 0.4) is 0 Å². The maximum absolute atomic E-state index is 4.03. The van der Waals surface area contributed by atoms with Crippen LogP contribution in [0.4, 0.5) is 0 Å². The lowest BCUT2D eigenvalue weighted by atomic mass is 9.85. The Morgan fingerprint density at radius 3 is 2.85 bits per heavy atom.